The van der Waals surface area contributed by atoms with Gasteiger partial charge in [-0.1, -0.05) is 233 Å². The van der Waals surface area contributed by atoms with Gasteiger partial charge in [0.25, 0.3) is 0 Å². The third-order valence-electron chi connectivity index (χ3n) is 15.5. The lowest BCUT2D eigenvalue weighted by atomic mass is 9.90. The van der Waals surface area contributed by atoms with Gasteiger partial charge in [0.15, 0.2) is 0 Å². The van der Waals surface area contributed by atoms with E-state index in [2.05, 4.69) is 119 Å². The molecule has 68 heavy (non-hydrogen) atoms. The molecule has 0 nitrogen and oxygen atoms in total. The van der Waals surface area contributed by atoms with E-state index in [1.165, 1.54) is 288 Å². The minimum absolute atomic E-state index is 0.793. The monoisotopic (exact) mass is 1120 g/mol. The van der Waals surface area contributed by atoms with Gasteiger partial charge >= 0.3 is 0 Å². The maximum absolute atomic E-state index is 4.00. The van der Waals surface area contributed by atoms with Crippen molar-refractivity contribution in [3.8, 4) is 0 Å². The fraction of sp³-hybridized carbons (Fsp3) is 0.645. The van der Waals surface area contributed by atoms with Gasteiger partial charge in [0.1, 0.15) is 0 Å². The molecule has 3 aromatic carbocycles. The summed E-state index contributed by atoms with van der Waals surface area (Å²) in [6.07, 6.45) is 47.4. The van der Waals surface area contributed by atoms with E-state index in [0.717, 1.165) is 11.8 Å². The SMILES string of the molecule is CCCCCCCCCCC(CCCCCCCC)Cc1cc2c3cc(Br)sc3c3cc4c(cc3c2s1)c1sc(Br)cc1c1cc(CC(CCCCCCCC)CCCCCCCCCC)sc14. The molecule has 7 rings (SSSR count). The van der Waals surface area contributed by atoms with Gasteiger partial charge < -0.3 is 0 Å². The van der Waals surface area contributed by atoms with Gasteiger partial charge in [0.05, 0.1) is 7.57 Å². The van der Waals surface area contributed by atoms with Crippen LogP contribution in [0.2, 0.25) is 0 Å². The third kappa shape index (κ3) is 15.5. The van der Waals surface area contributed by atoms with Gasteiger partial charge in [-0.05, 0) is 92.9 Å². The Morgan fingerprint density at radius 1 is 0.294 bits per heavy atom. The number of fused-ring (bicyclic) bond motifs is 12. The number of halogens is 2. The number of benzene rings is 3. The number of unbranched alkanes of at least 4 members (excludes halogenated alkanes) is 24. The van der Waals surface area contributed by atoms with Crippen molar-refractivity contribution in [2.45, 2.75) is 246 Å². The lowest BCUT2D eigenvalue weighted by Gasteiger charge is -2.16. The van der Waals surface area contributed by atoms with Crippen molar-refractivity contribution >= 4 is 139 Å². The molecule has 374 valence electrons. The highest BCUT2D eigenvalue weighted by molar-refractivity contribution is 9.11. The van der Waals surface area contributed by atoms with Crippen LogP contribution in [-0.2, 0) is 12.8 Å². The van der Waals surface area contributed by atoms with Gasteiger partial charge in [-0.15, -0.1) is 45.3 Å². The molecule has 4 heterocycles. The van der Waals surface area contributed by atoms with Gasteiger partial charge in [0.2, 0.25) is 0 Å². The first-order valence-electron chi connectivity index (χ1n) is 28.5. The predicted octanol–water partition coefficient (Wildman–Crippen LogP) is 25.3. The Morgan fingerprint density at radius 2 is 0.529 bits per heavy atom. The predicted molar refractivity (Wildman–Crippen MR) is 323 cm³/mol. The molecule has 0 saturated carbocycles. The Balaban J connectivity index is 1.18. The molecule has 2 unspecified atom stereocenters. The minimum atomic E-state index is 0.793. The van der Waals surface area contributed by atoms with Crippen LogP contribution in [0.5, 0.6) is 0 Å². The van der Waals surface area contributed by atoms with Crippen molar-refractivity contribution in [3.63, 3.8) is 0 Å². The van der Waals surface area contributed by atoms with E-state index in [1.54, 1.807) is 9.75 Å². The molecule has 6 heteroatoms. The maximum Gasteiger partial charge on any atom is 0.0711 e. The van der Waals surface area contributed by atoms with Crippen LogP contribution in [0.15, 0.2) is 44.0 Å². The largest absolute Gasteiger partial charge is 0.140 e. The zero-order valence-corrected chi connectivity index (χ0v) is 49.5. The van der Waals surface area contributed by atoms with Crippen molar-refractivity contribution in [1.29, 1.82) is 0 Å². The molecule has 0 aliphatic heterocycles. The molecule has 4 aromatic heterocycles. The van der Waals surface area contributed by atoms with E-state index in [4.69, 9.17) is 0 Å². The van der Waals surface area contributed by atoms with Gasteiger partial charge in [-0.3, -0.25) is 0 Å². The number of thiophene rings is 4. The van der Waals surface area contributed by atoms with Crippen LogP contribution in [0.3, 0.4) is 0 Å². The molecule has 0 radical (unpaired) electrons. The molecule has 2 atom stereocenters. The van der Waals surface area contributed by atoms with E-state index >= 15 is 0 Å². The summed E-state index contributed by atoms with van der Waals surface area (Å²) in [4.78, 5) is 3.22. The standard InChI is InChI=1S/C62H88Br2S4/c1-5-9-13-17-21-23-27-31-35-45(33-29-25-19-15-11-7-3)37-47-39-49-55-43-57(63)67-61(55)53-42-52-54(41-51(53)59(49)65-47)62-56(44-58(64)68-62)50-40-48(66-60(50)52)38-46(34-30-26-20-16-12-8-4)36-32-28-24-22-18-14-10-6-2/h39-46H,5-38H2,1-4H3. The van der Waals surface area contributed by atoms with Gasteiger partial charge in [-0.25, -0.2) is 0 Å². The maximum atomic E-state index is 4.00. The Kier molecular flexibility index (Phi) is 23.8. The first-order chi connectivity index (χ1) is 33.4. The van der Waals surface area contributed by atoms with E-state index in [1.807, 2.05) is 22.7 Å². The van der Waals surface area contributed by atoms with Crippen molar-refractivity contribution < 1.29 is 0 Å². The molecule has 0 bridgehead atoms. The fourth-order valence-corrected chi connectivity index (χ4v) is 17.5. The summed E-state index contributed by atoms with van der Waals surface area (Å²) < 4.78 is 8.42. The van der Waals surface area contributed by atoms with Crippen LogP contribution in [0.1, 0.15) is 243 Å². The van der Waals surface area contributed by atoms with Gasteiger partial charge in [0, 0.05) is 71.6 Å². The second-order valence-electron chi connectivity index (χ2n) is 21.2. The molecule has 7 aromatic rings. The minimum Gasteiger partial charge on any atom is -0.140 e. The molecule has 0 N–H and O–H groups in total. The number of hydrogen-bond donors (Lipinski definition) is 0. The van der Waals surface area contributed by atoms with Gasteiger partial charge in [-0.2, -0.15) is 0 Å². The smallest absolute Gasteiger partial charge is 0.0711 e. The number of hydrogen-bond acceptors (Lipinski definition) is 4. The third-order valence-corrected chi connectivity index (χ3v) is 21.3. The average molecular weight is 1120 g/mol. The summed E-state index contributed by atoms with van der Waals surface area (Å²) in [6, 6.07) is 15.4. The first kappa shape index (κ1) is 54.7. The Bertz CT molecular complexity index is 2370. The molecule has 0 amide bonds. The second-order valence-corrected chi connectivity index (χ2v) is 28.4. The highest BCUT2D eigenvalue weighted by Gasteiger charge is 2.22. The van der Waals surface area contributed by atoms with Crippen LogP contribution >= 0.6 is 77.2 Å². The van der Waals surface area contributed by atoms with E-state index in [-0.39, 0.29) is 0 Å². The summed E-state index contributed by atoms with van der Waals surface area (Å²) in [6.45, 7) is 9.33. The molecule has 0 saturated heterocycles. The quantitative estimate of drug-likeness (QED) is 0.0271. The van der Waals surface area contributed by atoms with Crippen LogP contribution in [0.25, 0.3) is 61.9 Å². The Hall–Kier alpha value is -1.02. The van der Waals surface area contributed by atoms with Crippen molar-refractivity contribution in [3.05, 3.63) is 53.7 Å². The molecule has 0 aliphatic rings. The van der Waals surface area contributed by atoms with E-state index in [0.29, 0.717) is 0 Å². The second kappa shape index (κ2) is 29.6. The molecule has 0 aliphatic carbocycles. The highest BCUT2D eigenvalue weighted by atomic mass is 79.9. The van der Waals surface area contributed by atoms with Crippen molar-refractivity contribution in [1.82, 2.24) is 0 Å². The average Bonchev–Trinajstić information content (AvgIpc) is 4.14. The Labute approximate surface area is 446 Å². The summed E-state index contributed by atoms with van der Waals surface area (Å²) in [7, 11) is 0. The topological polar surface area (TPSA) is 0 Å². The summed E-state index contributed by atoms with van der Waals surface area (Å²) >= 11 is 16.1. The fourth-order valence-electron chi connectivity index (χ4n) is 11.6. The van der Waals surface area contributed by atoms with Crippen LogP contribution < -0.4 is 0 Å². The summed E-state index contributed by atoms with van der Waals surface area (Å²) in [5, 5.41) is 11.7. The van der Waals surface area contributed by atoms with Crippen LogP contribution in [0.4, 0.5) is 0 Å². The normalized spacial score (nSPS) is 13.3. The van der Waals surface area contributed by atoms with Crippen LogP contribution in [0, 0.1) is 11.8 Å². The first-order valence-corrected chi connectivity index (χ1v) is 33.3. The van der Waals surface area contributed by atoms with E-state index in [9.17, 15) is 0 Å². The van der Waals surface area contributed by atoms with E-state index < -0.39 is 0 Å². The highest BCUT2D eigenvalue weighted by Crippen LogP contribution is 2.50. The number of rotatable bonds is 36. The zero-order chi connectivity index (χ0) is 47.5. The molecular weight excluding hydrogens is 1030 g/mol. The Morgan fingerprint density at radius 3 is 0.824 bits per heavy atom. The summed E-state index contributed by atoms with van der Waals surface area (Å²) in [5.74, 6) is 1.59. The molecule has 0 fully saturated rings. The van der Waals surface area contributed by atoms with Crippen LogP contribution in [-0.4, -0.2) is 0 Å². The lowest BCUT2D eigenvalue weighted by molar-refractivity contribution is 0.402. The lowest BCUT2D eigenvalue weighted by Crippen LogP contribution is -2.04. The zero-order valence-electron chi connectivity index (χ0n) is 43.0. The molecule has 0 spiro atoms. The van der Waals surface area contributed by atoms with Crippen molar-refractivity contribution in [2.24, 2.45) is 11.8 Å². The molecular formula is C62H88Br2S4. The summed E-state index contributed by atoms with van der Waals surface area (Å²) in [5.41, 5.74) is 0. The van der Waals surface area contributed by atoms with Crippen molar-refractivity contribution in [2.75, 3.05) is 0 Å².